The molecule has 1 aromatic heterocycles. The van der Waals surface area contributed by atoms with Crippen LogP contribution in [-0.4, -0.2) is 29.7 Å². The van der Waals surface area contributed by atoms with Crippen molar-refractivity contribution in [3.8, 4) is 0 Å². The highest BCUT2D eigenvalue weighted by Gasteiger charge is 2.16. The third kappa shape index (κ3) is 4.94. The van der Waals surface area contributed by atoms with Crippen LogP contribution in [0.15, 0.2) is 16.7 Å². The molecule has 0 aliphatic carbocycles. The fraction of sp³-hybridized carbons (Fsp3) is 0.500. The summed E-state index contributed by atoms with van der Waals surface area (Å²) in [7, 11) is 0. The molecule has 3 N–H and O–H groups in total. The molecule has 0 aromatic carbocycles. The Labute approximate surface area is 120 Å². The second-order valence-corrected chi connectivity index (χ2v) is 5.24. The lowest BCUT2D eigenvalue weighted by Crippen LogP contribution is -2.30. The largest absolute Gasteiger partial charge is 0.461 e. The Balaban J connectivity index is 2.47. The van der Waals surface area contributed by atoms with E-state index in [1.54, 1.807) is 6.07 Å². The molecule has 2 amide bonds. The third-order valence-corrected chi connectivity index (χ3v) is 2.87. The van der Waals surface area contributed by atoms with Gasteiger partial charge >= 0.3 is 12.0 Å². The SMILES string of the molecule is CC(C)n1cc(Br)cc1C(=O)OCCCNC(N)=O. The first kappa shape index (κ1) is 15.6. The van der Waals surface area contributed by atoms with Gasteiger partial charge in [0.2, 0.25) is 0 Å². The average Bonchev–Trinajstić information content (AvgIpc) is 2.70. The smallest absolute Gasteiger partial charge is 0.354 e. The van der Waals surface area contributed by atoms with E-state index in [-0.39, 0.29) is 18.6 Å². The van der Waals surface area contributed by atoms with Gasteiger partial charge in [0.1, 0.15) is 5.69 Å². The topological polar surface area (TPSA) is 86.3 Å². The molecule has 0 atom stereocenters. The van der Waals surface area contributed by atoms with Crippen molar-refractivity contribution in [2.75, 3.05) is 13.2 Å². The van der Waals surface area contributed by atoms with Gasteiger partial charge in [-0.05, 0) is 42.3 Å². The van der Waals surface area contributed by atoms with Crippen molar-refractivity contribution < 1.29 is 14.3 Å². The van der Waals surface area contributed by atoms with Gasteiger partial charge in [0.25, 0.3) is 0 Å². The van der Waals surface area contributed by atoms with Crippen molar-refractivity contribution in [3.63, 3.8) is 0 Å². The van der Waals surface area contributed by atoms with E-state index in [0.29, 0.717) is 18.7 Å². The van der Waals surface area contributed by atoms with Crippen LogP contribution in [0.2, 0.25) is 0 Å². The fourth-order valence-corrected chi connectivity index (χ4v) is 2.00. The zero-order chi connectivity index (χ0) is 14.4. The van der Waals surface area contributed by atoms with Crippen LogP contribution in [-0.2, 0) is 4.74 Å². The second-order valence-electron chi connectivity index (χ2n) is 4.33. The van der Waals surface area contributed by atoms with Gasteiger partial charge in [0, 0.05) is 23.3 Å². The average molecular weight is 332 g/mol. The Morgan fingerprint density at radius 3 is 2.79 bits per heavy atom. The summed E-state index contributed by atoms with van der Waals surface area (Å²) in [5.41, 5.74) is 5.42. The van der Waals surface area contributed by atoms with Crippen molar-refractivity contribution in [1.29, 1.82) is 0 Å². The minimum atomic E-state index is -0.580. The fourth-order valence-electron chi connectivity index (χ4n) is 1.56. The van der Waals surface area contributed by atoms with Crippen LogP contribution < -0.4 is 11.1 Å². The minimum absolute atomic E-state index is 0.172. The quantitative estimate of drug-likeness (QED) is 0.617. The molecule has 1 rings (SSSR count). The Bertz CT molecular complexity index is 457. The molecule has 0 aliphatic rings. The Morgan fingerprint density at radius 2 is 2.21 bits per heavy atom. The van der Waals surface area contributed by atoms with Crippen molar-refractivity contribution in [2.45, 2.75) is 26.3 Å². The van der Waals surface area contributed by atoms with Gasteiger partial charge in [-0.2, -0.15) is 0 Å². The van der Waals surface area contributed by atoms with E-state index in [1.165, 1.54) is 0 Å². The number of halogens is 1. The highest BCUT2D eigenvalue weighted by Crippen LogP contribution is 2.20. The number of nitrogens with zero attached hydrogens (tertiary/aromatic N) is 1. The van der Waals surface area contributed by atoms with Gasteiger partial charge in [-0.3, -0.25) is 0 Å². The van der Waals surface area contributed by atoms with Gasteiger partial charge in [-0.1, -0.05) is 0 Å². The van der Waals surface area contributed by atoms with Crippen molar-refractivity contribution >= 4 is 27.9 Å². The maximum atomic E-state index is 11.9. The lowest BCUT2D eigenvalue weighted by molar-refractivity contribution is 0.0487. The Hall–Kier alpha value is -1.50. The molecule has 7 heteroatoms. The molecule has 0 fully saturated rings. The van der Waals surface area contributed by atoms with E-state index in [4.69, 9.17) is 10.5 Å². The van der Waals surface area contributed by atoms with Crippen molar-refractivity contribution in [2.24, 2.45) is 5.73 Å². The molecule has 106 valence electrons. The number of hydrogen-bond donors (Lipinski definition) is 2. The molecular formula is C12H18BrN3O3. The molecule has 0 spiro atoms. The van der Waals surface area contributed by atoms with Crippen LogP contribution in [0, 0.1) is 0 Å². The van der Waals surface area contributed by atoms with E-state index >= 15 is 0 Å². The molecular weight excluding hydrogens is 314 g/mol. The number of nitrogens with two attached hydrogens (primary N) is 1. The zero-order valence-electron chi connectivity index (χ0n) is 11.0. The zero-order valence-corrected chi connectivity index (χ0v) is 12.6. The Morgan fingerprint density at radius 1 is 1.53 bits per heavy atom. The number of ether oxygens (including phenoxy) is 1. The van der Waals surface area contributed by atoms with Gasteiger partial charge in [0.15, 0.2) is 0 Å². The lowest BCUT2D eigenvalue weighted by atomic mass is 10.3. The summed E-state index contributed by atoms with van der Waals surface area (Å²) >= 11 is 3.34. The van der Waals surface area contributed by atoms with Crippen LogP contribution in [0.25, 0.3) is 0 Å². The molecule has 6 nitrogen and oxygen atoms in total. The lowest BCUT2D eigenvalue weighted by Gasteiger charge is -2.12. The number of primary amides is 1. The molecule has 1 aromatic rings. The number of hydrogen-bond acceptors (Lipinski definition) is 3. The summed E-state index contributed by atoms with van der Waals surface area (Å²) in [4.78, 5) is 22.3. The minimum Gasteiger partial charge on any atom is -0.461 e. The van der Waals surface area contributed by atoms with Crippen LogP contribution in [0.4, 0.5) is 4.79 Å². The van der Waals surface area contributed by atoms with Crippen LogP contribution >= 0.6 is 15.9 Å². The highest BCUT2D eigenvalue weighted by molar-refractivity contribution is 9.10. The van der Waals surface area contributed by atoms with Gasteiger partial charge < -0.3 is 20.4 Å². The number of carbonyl (C=O) groups is 2. The molecule has 0 bridgehead atoms. The predicted molar refractivity (Wildman–Crippen MR) is 75.0 cm³/mol. The summed E-state index contributed by atoms with van der Waals surface area (Å²) in [5.74, 6) is -0.376. The first-order chi connectivity index (χ1) is 8.91. The number of carbonyl (C=O) groups excluding carboxylic acids is 2. The monoisotopic (exact) mass is 331 g/mol. The number of nitrogens with one attached hydrogen (secondary N) is 1. The first-order valence-corrected chi connectivity index (χ1v) is 6.79. The number of amides is 2. The standard InChI is InChI=1S/C12H18BrN3O3/c1-8(2)16-7-9(13)6-10(16)11(17)19-5-3-4-15-12(14)18/h6-8H,3-5H2,1-2H3,(H3,14,15,18). The van der Waals surface area contributed by atoms with E-state index < -0.39 is 6.03 Å². The molecule has 0 saturated carbocycles. The van der Waals surface area contributed by atoms with Crippen LogP contribution in [0.1, 0.15) is 36.8 Å². The first-order valence-electron chi connectivity index (χ1n) is 5.99. The van der Waals surface area contributed by atoms with Gasteiger partial charge in [0.05, 0.1) is 6.61 Å². The van der Waals surface area contributed by atoms with Gasteiger partial charge in [-0.25, -0.2) is 9.59 Å². The van der Waals surface area contributed by atoms with E-state index in [1.807, 2.05) is 24.6 Å². The summed E-state index contributed by atoms with van der Waals surface area (Å²) in [6.07, 6.45) is 2.37. The van der Waals surface area contributed by atoms with E-state index in [0.717, 1.165) is 4.47 Å². The Kier molecular flexibility index (Phi) is 5.88. The van der Waals surface area contributed by atoms with Crippen LogP contribution in [0.5, 0.6) is 0 Å². The number of aromatic nitrogens is 1. The van der Waals surface area contributed by atoms with E-state index in [2.05, 4.69) is 21.2 Å². The summed E-state index contributed by atoms with van der Waals surface area (Å²) in [6, 6.07) is 1.32. The molecule has 0 radical (unpaired) electrons. The predicted octanol–water partition coefficient (Wildman–Crippen LogP) is 2.05. The molecule has 19 heavy (non-hydrogen) atoms. The summed E-state index contributed by atoms with van der Waals surface area (Å²) in [5, 5.41) is 2.43. The number of urea groups is 1. The summed E-state index contributed by atoms with van der Waals surface area (Å²) in [6.45, 7) is 4.59. The molecule has 0 aliphatic heterocycles. The molecule has 0 saturated heterocycles. The van der Waals surface area contributed by atoms with Crippen LogP contribution in [0.3, 0.4) is 0 Å². The van der Waals surface area contributed by atoms with E-state index in [9.17, 15) is 9.59 Å². The maximum absolute atomic E-state index is 11.9. The van der Waals surface area contributed by atoms with Gasteiger partial charge in [-0.15, -0.1) is 0 Å². The normalized spacial score (nSPS) is 10.5. The summed E-state index contributed by atoms with van der Waals surface area (Å²) < 4.78 is 7.82. The molecule has 0 unspecified atom stereocenters. The number of esters is 1. The number of rotatable bonds is 6. The third-order valence-electron chi connectivity index (χ3n) is 2.43. The van der Waals surface area contributed by atoms with Crippen molar-refractivity contribution in [3.05, 3.63) is 22.4 Å². The van der Waals surface area contributed by atoms with Crippen molar-refractivity contribution in [1.82, 2.24) is 9.88 Å². The second kappa shape index (κ2) is 7.18. The molecule has 1 heterocycles. The maximum Gasteiger partial charge on any atom is 0.354 e. The highest BCUT2D eigenvalue weighted by atomic mass is 79.9.